The molecule has 0 bridgehead atoms. The number of amides is 1. The number of nitrogens with zero attached hydrogens (tertiary/aromatic N) is 2. The Hall–Kier alpha value is -3.59. The van der Waals surface area contributed by atoms with Crippen molar-refractivity contribution in [1.29, 1.82) is 0 Å². The van der Waals surface area contributed by atoms with Gasteiger partial charge in [-0.3, -0.25) is 14.9 Å². The Morgan fingerprint density at radius 2 is 2.18 bits per heavy atom. The van der Waals surface area contributed by atoms with Crippen LogP contribution in [0.15, 0.2) is 45.9 Å². The molecule has 0 radical (unpaired) electrons. The molecule has 1 heterocycles. The number of nitro benzene ring substituents is 1. The van der Waals surface area contributed by atoms with Gasteiger partial charge < -0.3 is 14.3 Å². The molecule has 144 valence electrons. The van der Waals surface area contributed by atoms with Gasteiger partial charge in [0, 0.05) is 22.0 Å². The Bertz CT molecular complexity index is 1090. The minimum Gasteiger partial charge on any atom is -0.500 e. The number of benzene rings is 2. The number of halogens is 1. The van der Waals surface area contributed by atoms with E-state index >= 15 is 0 Å². The van der Waals surface area contributed by atoms with Crippen molar-refractivity contribution in [2.45, 2.75) is 6.92 Å². The summed E-state index contributed by atoms with van der Waals surface area (Å²) >= 11 is 5.90. The van der Waals surface area contributed by atoms with Crippen molar-refractivity contribution in [3.05, 3.63) is 62.9 Å². The number of hydrogen-bond acceptors (Lipinski definition) is 7. The number of nitro groups is 1. The van der Waals surface area contributed by atoms with E-state index in [0.29, 0.717) is 16.0 Å². The van der Waals surface area contributed by atoms with E-state index < -0.39 is 22.3 Å². The zero-order chi connectivity index (χ0) is 20.3. The van der Waals surface area contributed by atoms with Crippen LogP contribution in [0.2, 0.25) is 5.02 Å². The molecule has 1 amide bonds. The number of hydrogen-bond donors (Lipinski definition) is 2. The second-order valence-corrected chi connectivity index (χ2v) is 6.01. The van der Waals surface area contributed by atoms with Crippen molar-refractivity contribution in [2.75, 3.05) is 6.61 Å². The van der Waals surface area contributed by atoms with Crippen LogP contribution < -0.4 is 10.2 Å². The van der Waals surface area contributed by atoms with Crippen molar-refractivity contribution in [2.24, 2.45) is 5.10 Å². The van der Waals surface area contributed by atoms with Gasteiger partial charge in [0.15, 0.2) is 11.5 Å². The topological polar surface area (TPSA) is 127 Å². The summed E-state index contributed by atoms with van der Waals surface area (Å²) in [7, 11) is 0. The Kier molecular flexibility index (Phi) is 5.46. The summed E-state index contributed by atoms with van der Waals surface area (Å²) in [4.78, 5) is 22.5. The minimum absolute atomic E-state index is 0.0288. The van der Waals surface area contributed by atoms with Crippen LogP contribution in [0.1, 0.15) is 23.0 Å². The van der Waals surface area contributed by atoms with Crippen molar-refractivity contribution in [1.82, 2.24) is 5.43 Å². The third-order valence-corrected chi connectivity index (χ3v) is 3.89. The third-order valence-electron chi connectivity index (χ3n) is 3.66. The highest BCUT2D eigenvalue weighted by Crippen LogP contribution is 2.36. The number of phenols is 1. The first-order valence-corrected chi connectivity index (χ1v) is 8.43. The SMILES string of the molecule is CCOc1cc(/C=N/NC(=O)c2cc3cc(Cl)ccc3o2)cc([N+](=O)[O-])c1O. The predicted molar refractivity (Wildman–Crippen MR) is 102 cm³/mol. The van der Waals surface area contributed by atoms with Crippen LogP contribution in [0.5, 0.6) is 11.5 Å². The lowest BCUT2D eigenvalue weighted by atomic mass is 10.2. The summed E-state index contributed by atoms with van der Waals surface area (Å²) in [5.41, 5.74) is 2.48. The van der Waals surface area contributed by atoms with E-state index in [4.69, 9.17) is 20.8 Å². The molecule has 1 aromatic heterocycles. The van der Waals surface area contributed by atoms with Crippen LogP contribution in [0.4, 0.5) is 5.69 Å². The molecule has 3 aromatic rings. The fourth-order valence-corrected chi connectivity index (χ4v) is 2.62. The summed E-state index contributed by atoms with van der Waals surface area (Å²) in [6, 6.07) is 8.93. The number of nitrogens with one attached hydrogen (secondary N) is 1. The molecule has 0 fully saturated rings. The fraction of sp³-hybridized carbons (Fsp3) is 0.111. The molecule has 0 spiro atoms. The zero-order valence-corrected chi connectivity index (χ0v) is 15.3. The van der Waals surface area contributed by atoms with Gasteiger partial charge in [0.25, 0.3) is 0 Å². The highest BCUT2D eigenvalue weighted by atomic mass is 35.5. The first kappa shape index (κ1) is 19.2. The number of rotatable bonds is 6. The number of aromatic hydroxyl groups is 1. The molecular weight excluding hydrogens is 390 g/mol. The van der Waals surface area contributed by atoms with Crippen LogP contribution in [-0.2, 0) is 0 Å². The van der Waals surface area contributed by atoms with Gasteiger partial charge in [-0.25, -0.2) is 5.43 Å². The number of phenolic OH excluding ortho intramolecular Hbond substituents is 1. The maximum Gasteiger partial charge on any atom is 0.315 e. The molecule has 9 nitrogen and oxygen atoms in total. The van der Waals surface area contributed by atoms with Gasteiger partial charge >= 0.3 is 11.6 Å². The van der Waals surface area contributed by atoms with Crippen LogP contribution in [0.25, 0.3) is 11.0 Å². The van der Waals surface area contributed by atoms with Gasteiger partial charge in [-0.1, -0.05) is 11.6 Å². The Morgan fingerprint density at radius 3 is 2.89 bits per heavy atom. The number of hydrazone groups is 1. The number of carbonyl (C=O) groups excluding carboxylic acids is 1. The molecular formula is C18H14ClN3O6. The molecule has 0 unspecified atom stereocenters. The lowest BCUT2D eigenvalue weighted by Gasteiger charge is -2.07. The van der Waals surface area contributed by atoms with Gasteiger partial charge in [-0.2, -0.15) is 5.10 Å². The first-order chi connectivity index (χ1) is 13.4. The number of ether oxygens (including phenoxy) is 1. The Labute approximate surface area is 163 Å². The van der Waals surface area contributed by atoms with Crippen LogP contribution in [0, 0.1) is 10.1 Å². The molecule has 0 saturated carbocycles. The zero-order valence-electron chi connectivity index (χ0n) is 14.5. The van der Waals surface area contributed by atoms with E-state index in [1.165, 1.54) is 18.3 Å². The molecule has 0 aliphatic carbocycles. The van der Waals surface area contributed by atoms with Crippen LogP contribution >= 0.6 is 11.6 Å². The van der Waals surface area contributed by atoms with Crippen molar-refractivity contribution < 1.29 is 24.0 Å². The average molecular weight is 404 g/mol. The van der Waals surface area contributed by atoms with Crippen molar-refractivity contribution in [3.63, 3.8) is 0 Å². The molecule has 0 aliphatic heterocycles. The Morgan fingerprint density at radius 1 is 1.39 bits per heavy atom. The summed E-state index contributed by atoms with van der Waals surface area (Å²) in [6.07, 6.45) is 1.19. The van der Waals surface area contributed by atoms with Crippen LogP contribution in [-0.4, -0.2) is 28.8 Å². The second-order valence-electron chi connectivity index (χ2n) is 5.57. The minimum atomic E-state index is -0.743. The lowest BCUT2D eigenvalue weighted by molar-refractivity contribution is -0.386. The molecule has 0 saturated heterocycles. The van der Waals surface area contributed by atoms with Gasteiger partial charge in [0.2, 0.25) is 5.75 Å². The van der Waals surface area contributed by atoms with Gasteiger partial charge in [0.05, 0.1) is 17.7 Å². The maximum absolute atomic E-state index is 12.2. The third kappa shape index (κ3) is 4.04. The lowest BCUT2D eigenvalue weighted by Crippen LogP contribution is -2.16. The molecule has 2 N–H and O–H groups in total. The van der Waals surface area contributed by atoms with Crippen molar-refractivity contribution in [3.8, 4) is 11.5 Å². The number of fused-ring (bicyclic) bond motifs is 1. The average Bonchev–Trinajstić information content (AvgIpc) is 3.07. The molecule has 10 heteroatoms. The van der Waals surface area contributed by atoms with Crippen molar-refractivity contribution >= 4 is 40.4 Å². The second kappa shape index (κ2) is 7.97. The monoisotopic (exact) mass is 403 g/mol. The summed E-state index contributed by atoms with van der Waals surface area (Å²) in [6.45, 7) is 1.88. The quantitative estimate of drug-likeness (QED) is 0.365. The van der Waals surface area contributed by atoms with Gasteiger partial charge in [-0.05, 0) is 37.3 Å². The summed E-state index contributed by atoms with van der Waals surface area (Å²) < 4.78 is 10.6. The molecule has 3 rings (SSSR count). The largest absolute Gasteiger partial charge is 0.500 e. The standard InChI is InChI=1S/C18H14ClN3O6/c1-2-27-15-6-10(5-13(17(15)23)22(25)26)9-20-21-18(24)16-8-11-7-12(19)3-4-14(11)28-16/h3-9,23H,2H2,1H3,(H,21,24)/b20-9+. The van der Waals surface area contributed by atoms with Crippen LogP contribution in [0.3, 0.4) is 0 Å². The molecule has 28 heavy (non-hydrogen) atoms. The number of furan rings is 1. The summed E-state index contributed by atoms with van der Waals surface area (Å²) in [5.74, 6) is -1.21. The first-order valence-electron chi connectivity index (χ1n) is 8.05. The molecule has 2 aromatic carbocycles. The van der Waals surface area contributed by atoms with E-state index in [1.807, 2.05) is 0 Å². The van der Waals surface area contributed by atoms with Gasteiger partial charge in [-0.15, -0.1) is 0 Å². The van der Waals surface area contributed by atoms with E-state index in [0.717, 1.165) is 6.07 Å². The predicted octanol–water partition coefficient (Wildman–Crippen LogP) is 3.86. The highest BCUT2D eigenvalue weighted by molar-refractivity contribution is 6.31. The Balaban J connectivity index is 1.79. The molecule has 0 aliphatic rings. The fourth-order valence-electron chi connectivity index (χ4n) is 2.44. The molecule has 0 atom stereocenters. The van der Waals surface area contributed by atoms with E-state index in [-0.39, 0.29) is 23.7 Å². The van der Waals surface area contributed by atoms with E-state index in [2.05, 4.69) is 10.5 Å². The normalized spacial score (nSPS) is 11.1. The highest BCUT2D eigenvalue weighted by Gasteiger charge is 2.20. The van der Waals surface area contributed by atoms with E-state index in [1.54, 1.807) is 25.1 Å². The van der Waals surface area contributed by atoms with E-state index in [9.17, 15) is 20.0 Å². The smallest absolute Gasteiger partial charge is 0.315 e. The summed E-state index contributed by atoms with van der Waals surface area (Å²) in [5, 5.41) is 25.9. The van der Waals surface area contributed by atoms with Gasteiger partial charge in [0.1, 0.15) is 5.58 Å². The number of carbonyl (C=O) groups is 1. The maximum atomic E-state index is 12.2.